The van der Waals surface area contributed by atoms with Crippen LogP contribution >= 0.6 is 11.6 Å². The van der Waals surface area contributed by atoms with E-state index in [9.17, 15) is 14.4 Å². The summed E-state index contributed by atoms with van der Waals surface area (Å²) in [5.41, 5.74) is 0.923. The van der Waals surface area contributed by atoms with Crippen LogP contribution in [0.1, 0.15) is 24.2 Å². The van der Waals surface area contributed by atoms with Crippen molar-refractivity contribution in [3.63, 3.8) is 0 Å². The fourth-order valence-corrected chi connectivity index (χ4v) is 2.14. The van der Waals surface area contributed by atoms with Crippen molar-refractivity contribution in [2.45, 2.75) is 20.0 Å². The molecule has 1 N–H and O–H groups in total. The van der Waals surface area contributed by atoms with Crippen LogP contribution in [0.2, 0.25) is 5.02 Å². The Morgan fingerprint density at radius 2 is 1.81 bits per heavy atom. The summed E-state index contributed by atoms with van der Waals surface area (Å²) in [6.45, 7) is 2.55. The van der Waals surface area contributed by atoms with Crippen molar-refractivity contribution in [2.24, 2.45) is 0 Å². The summed E-state index contributed by atoms with van der Waals surface area (Å²) in [5.74, 6) is -0.838. The standard InChI is InChI=1S/C19H18ClNO5/c1-12(22)14-4-3-5-16(10-14)21-19(24)13(2)26-18(23)11-25-17-8-6-15(20)7-9-17/h3-10,13H,11H2,1-2H3,(H,21,24)/t13-/m1/s1. The van der Waals surface area contributed by atoms with Crippen LogP contribution in [-0.4, -0.2) is 30.4 Å². The number of rotatable bonds is 7. The highest BCUT2D eigenvalue weighted by atomic mass is 35.5. The lowest BCUT2D eigenvalue weighted by atomic mass is 10.1. The monoisotopic (exact) mass is 375 g/mol. The van der Waals surface area contributed by atoms with E-state index in [4.69, 9.17) is 21.1 Å². The molecule has 1 amide bonds. The lowest BCUT2D eigenvalue weighted by Gasteiger charge is -2.14. The van der Waals surface area contributed by atoms with E-state index >= 15 is 0 Å². The molecule has 26 heavy (non-hydrogen) atoms. The average molecular weight is 376 g/mol. The number of ketones is 1. The molecule has 0 aliphatic carbocycles. The number of carbonyl (C=O) groups excluding carboxylic acids is 3. The number of benzene rings is 2. The van der Waals surface area contributed by atoms with E-state index in [-0.39, 0.29) is 12.4 Å². The minimum Gasteiger partial charge on any atom is -0.482 e. The lowest BCUT2D eigenvalue weighted by molar-refractivity contribution is -0.155. The van der Waals surface area contributed by atoms with Gasteiger partial charge in [-0.15, -0.1) is 0 Å². The zero-order valence-electron chi connectivity index (χ0n) is 14.3. The number of esters is 1. The first-order valence-corrected chi connectivity index (χ1v) is 8.22. The van der Waals surface area contributed by atoms with E-state index in [1.807, 2.05) is 0 Å². The molecule has 6 nitrogen and oxygen atoms in total. The molecule has 2 aromatic rings. The molecule has 0 aromatic heterocycles. The highest BCUT2D eigenvalue weighted by molar-refractivity contribution is 6.30. The molecule has 0 saturated heterocycles. The smallest absolute Gasteiger partial charge is 0.344 e. The van der Waals surface area contributed by atoms with E-state index in [0.29, 0.717) is 22.0 Å². The molecule has 0 aliphatic heterocycles. The summed E-state index contributed by atoms with van der Waals surface area (Å²) in [7, 11) is 0. The van der Waals surface area contributed by atoms with Gasteiger partial charge in [0.2, 0.25) is 0 Å². The van der Waals surface area contributed by atoms with Crippen LogP contribution in [0.15, 0.2) is 48.5 Å². The van der Waals surface area contributed by atoms with Gasteiger partial charge in [0.05, 0.1) is 0 Å². The first-order chi connectivity index (χ1) is 12.3. The zero-order chi connectivity index (χ0) is 19.1. The molecule has 2 rings (SSSR count). The highest BCUT2D eigenvalue weighted by Gasteiger charge is 2.18. The second kappa shape index (κ2) is 9.01. The fraction of sp³-hybridized carbons (Fsp3) is 0.211. The molecule has 0 saturated carbocycles. The van der Waals surface area contributed by atoms with E-state index in [1.54, 1.807) is 48.5 Å². The van der Waals surface area contributed by atoms with Gasteiger partial charge in [0.15, 0.2) is 18.5 Å². The van der Waals surface area contributed by atoms with Crippen LogP contribution in [0.4, 0.5) is 5.69 Å². The van der Waals surface area contributed by atoms with E-state index in [1.165, 1.54) is 13.8 Å². The summed E-state index contributed by atoms with van der Waals surface area (Å²) in [4.78, 5) is 35.3. The quantitative estimate of drug-likeness (QED) is 0.591. The molecule has 0 fully saturated rings. The summed E-state index contributed by atoms with van der Waals surface area (Å²) in [6.07, 6.45) is -1.02. The Labute approximate surface area is 156 Å². The number of carbonyl (C=O) groups is 3. The number of nitrogens with one attached hydrogen (secondary N) is 1. The van der Waals surface area contributed by atoms with Crippen LogP contribution in [0.3, 0.4) is 0 Å². The number of ether oxygens (including phenoxy) is 2. The van der Waals surface area contributed by atoms with Crippen LogP contribution in [0.25, 0.3) is 0 Å². The number of amides is 1. The Kier molecular flexibility index (Phi) is 6.74. The third kappa shape index (κ3) is 5.89. The molecular weight excluding hydrogens is 358 g/mol. The zero-order valence-corrected chi connectivity index (χ0v) is 15.1. The Bertz CT molecular complexity index is 804. The van der Waals surface area contributed by atoms with Gasteiger partial charge in [-0.1, -0.05) is 23.7 Å². The van der Waals surface area contributed by atoms with Crippen molar-refractivity contribution >= 4 is 34.9 Å². The van der Waals surface area contributed by atoms with Gasteiger partial charge in [0.25, 0.3) is 5.91 Å². The number of Topliss-reactive ketones (excluding diaryl/α,β-unsaturated/α-hetero) is 1. The first kappa shape index (κ1) is 19.5. The topological polar surface area (TPSA) is 81.7 Å². The molecule has 0 bridgehead atoms. The van der Waals surface area contributed by atoms with Gasteiger partial charge < -0.3 is 14.8 Å². The van der Waals surface area contributed by atoms with Crippen molar-refractivity contribution in [1.29, 1.82) is 0 Å². The maximum absolute atomic E-state index is 12.1. The van der Waals surface area contributed by atoms with Crippen LogP contribution in [0, 0.1) is 0 Å². The molecule has 136 valence electrons. The van der Waals surface area contributed by atoms with Crippen molar-refractivity contribution in [3.05, 3.63) is 59.1 Å². The maximum atomic E-state index is 12.1. The molecule has 0 spiro atoms. The van der Waals surface area contributed by atoms with Gasteiger partial charge >= 0.3 is 5.97 Å². The summed E-state index contributed by atoms with van der Waals surface area (Å²) in [6, 6.07) is 13.0. The van der Waals surface area contributed by atoms with Crippen LogP contribution in [-0.2, 0) is 14.3 Å². The number of hydrogen-bond acceptors (Lipinski definition) is 5. The molecule has 0 heterocycles. The third-order valence-corrected chi connectivity index (χ3v) is 3.64. The maximum Gasteiger partial charge on any atom is 0.344 e. The van der Waals surface area contributed by atoms with E-state index < -0.39 is 18.0 Å². The van der Waals surface area contributed by atoms with Crippen molar-refractivity contribution < 1.29 is 23.9 Å². The highest BCUT2D eigenvalue weighted by Crippen LogP contribution is 2.15. The molecule has 7 heteroatoms. The fourth-order valence-electron chi connectivity index (χ4n) is 2.02. The minimum atomic E-state index is -1.02. The molecule has 0 radical (unpaired) electrons. The number of halogens is 1. The van der Waals surface area contributed by atoms with Gasteiger partial charge in [-0.3, -0.25) is 9.59 Å². The van der Waals surface area contributed by atoms with Gasteiger partial charge in [-0.25, -0.2) is 4.79 Å². The molecule has 2 aromatic carbocycles. The van der Waals surface area contributed by atoms with Gasteiger partial charge in [-0.2, -0.15) is 0 Å². The summed E-state index contributed by atoms with van der Waals surface area (Å²) >= 11 is 5.76. The predicted octanol–water partition coefficient (Wildman–Crippen LogP) is 3.49. The van der Waals surface area contributed by atoms with E-state index in [0.717, 1.165) is 0 Å². The van der Waals surface area contributed by atoms with Gasteiger partial charge in [0, 0.05) is 16.3 Å². The lowest BCUT2D eigenvalue weighted by Crippen LogP contribution is -2.31. The van der Waals surface area contributed by atoms with Crippen molar-refractivity contribution in [3.8, 4) is 5.75 Å². The first-order valence-electron chi connectivity index (χ1n) is 7.85. The largest absolute Gasteiger partial charge is 0.482 e. The van der Waals surface area contributed by atoms with Gasteiger partial charge in [-0.05, 0) is 50.2 Å². The van der Waals surface area contributed by atoms with E-state index in [2.05, 4.69) is 5.32 Å². The minimum absolute atomic E-state index is 0.111. The SMILES string of the molecule is CC(=O)c1cccc(NC(=O)[C@@H](C)OC(=O)COc2ccc(Cl)cc2)c1. The predicted molar refractivity (Wildman–Crippen MR) is 97.6 cm³/mol. The Balaban J connectivity index is 1.84. The van der Waals surface area contributed by atoms with Crippen LogP contribution < -0.4 is 10.1 Å². The number of hydrogen-bond donors (Lipinski definition) is 1. The Morgan fingerprint density at radius 1 is 1.12 bits per heavy atom. The van der Waals surface area contributed by atoms with Gasteiger partial charge in [0.1, 0.15) is 5.75 Å². The normalized spacial score (nSPS) is 11.3. The van der Waals surface area contributed by atoms with Crippen LogP contribution in [0.5, 0.6) is 5.75 Å². The Morgan fingerprint density at radius 3 is 2.46 bits per heavy atom. The summed E-state index contributed by atoms with van der Waals surface area (Å²) < 4.78 is 10.3. The average Bonchev–Trinajstić information content (AvgIpc) is 2.61. The Hall–Kier alpha value is -2.86. The van der Waals surface area contributed by atoms with Crippen molar-refractivity contribution in [2.75, 3.05) is 11.9 Å². The third-order valence-electron chi connectivity index (χ3n) is 3.38. The molecular formula is C19H18ClNO5. The van der Waals surface area contributed by atoms with Crippen molar-refractivity contribution in [1.82, 2.24) is 0 Å². The molecule has 0 unspecified atom stereocenters. The number of anilines is 1. The second-order valence-corrected chi connectivity index (χ2v) is 5.94. The molecule has 1 atom stereocenters. The summed E-state index contributed by atoms with van der Waals surface area (Å²) in [5, 5.41) is 3.15. The second-order valence-electron chi connectivity index (χ2n) is 5.50. The molecule has 0 aliphatic rings.